The van der Waals surface area contributed by atoms with Gasteiger partial charge in [-0.1, -0.05) is 0 Å². The van der Waals surface area contributed by atoms with Crippen LogP contribution in [0.25, 0.3) is 0 Å². The maximum atomic E-state index is 13.4. The van der Waals surface area contributed by atoms with E-state index >= 15 is 0 Å². The summed E-state index contributed by atoms with van der Waals surface area (Å²) in [4.78, 5) is 34.4. The van der Waals surface area contributed by atoms with E-state index in [1.807, 2.05) is 0 Å². The van der Waals surface area contributed by atoms with E-state index in [0.717, 1.165) is 12.1 Å². The highest BCUT2D eigenvalue weighted by Crippen LogP contribution is 2.18. The topological polar surface area (TPSA) is 125 Å². The summed E-state index contributed by atoms with van der Waals surface area (Å²) in [7, 11) is 0. The van der Waals surface area contributed by atoms with Crippen LogP contribution in [0.4, 0.5) is 14.5 Å². The molecule has 2 aromatic carbocycles. The Hall–Kier alpha value is -3.49. The molecule has 2 aromatic rings. The molecule has 0 saturated carbocycles. The predicted molar refractivity (Wildman–Crippen MR) is 84.0 cm³/mol. The van der Waals surface area contributed by atoms with Gasteiger partial charge in [0.05, 0.1) is 0 Å². The van der Waals surface area contributed by atoms with Crippen LogP contribution in [-0.4, -0.2) is 24.3 Å². The molecular weight excluding hydrogens is 336 g/mol. The van der Waals surface area contributed by atoms with Gasteiger partial charge >= 0.3 is 0 Å². The molecular formula is C16H13F2N3O4. The molecule has 0 atom stereocenters. The Morgan fingerprint density at radius 2 is 1.56 bits per heavy atom. The SMILES string of the molecule is NC(=O)c1cc(NC(=O)COc2ccc(F)cc2F)cc(C(N)=O)c1. The van der Waals surface area contributed by atoms with Gasteiger partial charge in [0.15, 0.2) is 18.2 Å². The number of hydrogen-bond acceptors (Lipinski definition) is 4. The number of ether oxygens (including phenoxy) is 1. The zero-order chi connectivity index (χ0) is 18.6. The van der Waals surface area contributed by atoms with Gasteiger partial charge in [-0.3, -0.25) is 14.4 Å². The maximum Gasteiger partial charge on any atom is 0.262 e. The quantitative estimate of drug-likeness (QED) is 0.724. The van der Waals surface area contributed by atoms with Gasteiger partial charge in [-0.25, -0.2) is 8.78 Å². The highest BCUT2D eigenvalue weighted by Gasteiger charge is 2.12. The van der Waals surface area contributed by atoms with E-state index in [9.17, 15) is 23.2 Å². The van der Waals surface area contributed by atoms with Crippen molar-refractivity contribution in [3.63, 3.8) is 0 Å². The third-order valence-corrected chi connectivity index (χ3v) is 3.04. The van der Waals surface area contributed by atoms with Crippen LogP contribution < -0.4 is 21.5 Å². The number of halogens is 2. The number of primary amides is 2. The van der Waals surface area contributed by atoms with Crippen molar-refractivity contribution in [1.82, 2.24) is 0 Å². The molecule has 25 heavy (non-hydrogen) atoms. The molecule has 0 aromatic heterocycles. The number of amides is 3. The molecule has 0 aliphatic rings. The van der Waals surface area contributed by atoms with Crippen molar-refractivity contribution in [2.24, 2.45) is 11.5 Å². The fourth-order valence-electron chi connectivity index (χ4n) is 1.92. The number of benzene rings is 2. The molecule has 0 fully saturated rings. The minimum atomic E-state index is -0.959. The van der Waals surface area contributed by atoms with Crippen molar-refractivity contribution in [3.05, 3.63) is 59.2 Å². The summed E-state index contributed by atoms with van der Waals surface area (Å²) < 4.78 is 31.1. The molecule has 0 aliphatic heterocycles. The summed E-state index contributed by atoms with van der Waals surface area (Å²) in [6, 6.07) is 6.30. The van der Waals surface area contributed by atoms with Crippen LogP contribution in [0, 0.1) is 11.6 Å². The lowest BCUT2D eigenvalue weighted by Gasteiger charge is -2.10. The molecule has 5 N–H and O–H groups in total. The van der Waals surface area contributed by atoms with Gasteiger partial charge in [0, 0.05) is 22.9 Å². The third kappa shape index (κ3) is 4.74. The summed E-state index contributed by atoms with van der Waals surface area (Å²) in [5.41, 5.74) is 10.3. The second kappa shape index (κ2) is 7.39. The summed E-state index contributed by atoms with van der Waals surface area (Å²) in [5, 5.41) is 2.36. The smallest absolute Gasteiger partial charge is 0.262 e. The van der Waals surface area contributed by atoms with Crippen LogP contribution in [0.2, 0.25) is 0 Å². The summed E-state index contributed by atoms with van der Waals surface area (Å²) in [6.45, 7) is -0.588. The van der Waals surface area contributed by atoms with Crippen molar-refractivity contribution in [2.75, 3.05) is 11.9 Å². The number of nitrogens with two attached hydrogens (primary N) is 2. The Labute approximate surface area is 140 Å². The third-order valence-electron chi connectivity index (χ3n) is 3.04. The lowest BCUT2D eigenvalue weighted by Crippen LogP contribution is -2.22. The highest BCUT2D eigenvalue weighted by atomic mass is 19.1. The molecule has 0 unspecified atom stereocenters. The van der Waals surface area contributed by atoms with E-state index in [0.29, 0.717) is 6.07 Å². The van der Waals surface area contributed by atoms with Crippen LogP contribution >= 0.6 is 0 Å². The van der Waals surface area contributed by atoms with E-state index in [2.05, 4.69) is 5.32 Å². The van der Waals surface area contributed by atoms with E-state index in [1.165, 1.54) is 18.2 Å². The molecule has 3 amide bonds. The predicted octanol–water partition coefficient (Wildman–Crippen LogP) is 1.18. The van der Waals surface area contributed by atoms with Crippen molar-refractivity contribution < 1.29 is 27.9 Å². The van der Waals surface area contributed by atoms with Gasteiger partial charge in [-0.2, -0.15) is 0 Å². The highest BCUT2D eigenvalue weighted by molar-refractivity contribution is 6.01. The molecule has 0 saturated heterocycles. The van der Waals surface area contributed by atoms with Gasteiger partial charge in [-0.15, -0.1) is 0 Å². The number of hydrogen-bond donors (Lipinski definition) is 3. The van der Waals surface area contributed by atoms with E-state index < -0.39 is 36.0 Å². The van der Waals surface area contributed by atoms with Crippen LogP contribution in [0.3, 0.4) is 0 Å². The largest absolute Gasteiger partial charge is 0.481 e. The van der Waals surface area contributed by atoms with Crippen LogP contribution in [0.1, 0.15) is 20.7 Å². The van der Waals surface area contributed by atoms with Crippen LogP contribution in [-0.2, 0) is 4.79 Å². The molecule has 0 bridgehead atoms. The number of anilines is 1. The molecule has 7 nitrogen and oxygen atoms in total. The van der Waals surface area contributed by atoms with Crippen molar-refractivity contribution in [1.29, 1.82) is 0 Å². The molecule has 0 spiro atoms. The molecule has 0 heterocycles. The summed E-state index contributed by atoms with van der Waals surface area (Å²) in [5.74, 6) is -4.39. The number of carbonyl (C=O) groups is 3. The number of carbonyl (C=O) groups excluding carboxylic acids is 3. The molecule has 2 rings (SSSR count). The maximum absolute atomic E-state index is 13.4. The molecule has 0 radical (unpaired) electrons. The van der Waals surface area contributed by atoms with Crippen molar-refractivity contribution >= 4 is 23.4 Å². The average Bonchev–Trinajstić information content (AvgIpc) is 2.53. The lowest BCUT2D eigenvalue weighted by molar-refractivity contribution is -0.118. The standard InChI is InChI=1S/C16H13F2N3O4/c17-10-1-2-13(12(18)6-10)25-7-14(22)21-11-4-8(15(19)23)3-9(5-11)16(20)24/h1-6H,7H2,(H2,19,23)(H2,20,24)(H,21,22). The van der Waals surface area contributed by atoms with Crippen LogP contribution in [0.15, 0.2) is 36.4 Å². The van der Waals surface area contributed by atoms with E-state index in [4.69, 9.17) is 16.2 Å². The van der Waals surface area contributed by atoms with E-state index in [-0.39, 0.29) is 22.6 Å². The number of rotatable bonds is 6. The first-order valence-electron chi connectivity index (χ1n) is 6.88. The van der Waals surface area contributed by atoms with E-state index in [1.54, 1.807) is 0 Å². The van der Waals surface area contributed by atoms with Gasteiger partial charge in [0.1, 0.15) is 5.82 Å². The van der Waals surface area contributed by atoms with Gasteiger partial charge in [0.2, 0.25) is 11.8 Å². The second-order valence-corrected chi connectivity index (χ2v) is 4.94. The average molecular weight is 349 g/mol. The van der Waals surface area contributed by atoms with Crippen molar-refractivity contribution in [3.8, 4) is 5.75 Å². The number of nitrogens with one attached hydrogen (secondary N) is 1. The fourth-order valence-corrected chi connectivity index (χ4v) is 1.92. The summed E-state index contributed by atoms with van der Waals surface area (Å²) >= 11 is 0. The summed E-state index contributed by atoms with van der Waals surface area (Å²) in [6.07, 6.45) is 0. The fraction of sp³-hybridized carbons (Fsp3) is 0.0625. The minimum absolute atomic E-state index is 0.0305. The normalized spacial score (nSPS) is 10.2. The second-order valence-electron chi connectivity index (χ2n) is 4.94. The first kappa shape index (κ1) is 17.9. The van der Waals surface area contributed by atoms with Gasteiger partial charge < -0.3 is 21.5 Å². The Morgan fingerprint density at radius 3 is 2.08 bits per heavy atom. The zero-order valence-electron chi connectivity index (χ0n) is 12.7. The van der Waals surface area contributed by atoms with Gasteiger partial charge in [0.25, 0.3) is 5.91 Å². The molecule has 0 aliphatic carbocycles. The van der Waals surface area contributed by atoms with Crippen molar-refractivity contribution in [2.45, 2.75) is 0 Å². The first-order valence-corrected chi connectivity index (χ1v) is 6.88. The zero-order valence-corrected chi connectivity index (χ0v) is 12.7. The van der Waals surface area contributed by atoms with Gasteiger partial charge in [-0.05, 0) is 30.3 Å². The minimum Gasteiger partial charge on any atom is -0.481 e. The Morgan fingerprint density at radius 1 is 0.960 bits per heavy atom. The monoisotopic (exact) mass is 349 g/mol. The lowest BCUT2D eigenvalue weighted by atomic mass is 10.1. The Kier molecular flexibility index (Phi) is 5.28. The molecule has 130 valence electrons. The Balaban J connectivity index is 2.09. The Bertz CT molecular complexity index is 823. The first-order chi connectivity index (χ1) is 11.8. The van der Waals surface area contributed by atoms with Crippen LogP contribution in [0.5, 0.6) is 5.75 Å². The molecule has 9 heteroatoms.